The quantitative estimate of drug-likeness (QED) is 0.508. The zero-order chi connectivity index (χ0) is 25.0. The Bertz CT molecular complexity index is 1200. The molecule has 36 heavy (non-hydrogen) atoms. The molecule has 7 heteroatoms. The molecule has 0 radical (unpaired) electrons. The van der Waals surface area contributed by atoms with Crippen molar-refractivity contribution in [1.29, 1.82) is 0 Å². The fourth-order valence-electron chi connectivity index (χ4n) is 5.34. The SMILES string of the molecule is Nc1ccccc1NC(=O)c1ccc(N2CCC3(CCN(C(=O)CCc4ccccc4)CC3)C2)nc1. The average molecular weight is 484 g/mol. The molecule has 1 spiro atoms. The molecule has 186 valence electrons. The van der Waals surface area contributed by atoms with E-state index in [0.29, 0.717) is 23.4 Å². The molecule has 2 fully saturated rings. The van der Waals surface area contributed by atoms with Crippen LogP contribution in [0.1, 0.15) is 41.6 Å². The summed E-state index contributed by atoms with van der Waals surface area (Å²) in [6.45, 7) is 3.55. The van der Waals surface area contributed by atoms with Crippen molar-refractivity contribution >= 4 is 29.0 Å². The molecule has 1 aromatic heterocycles. The highest BCUT2D eigenvalue weighted by Gasteiger charge is 2.41. The van der Waals surface area contributed by atoms with E-state index in [1.165, 1.54) is 5.56 Å². The maximum Gasteiger partial charge on any atom is 0.257 e. The van der Waals surface area contributed by atoms with E-state index in [4.69, 9.17) is 5.73 Å². The molecule has 0 unspecified atom stereocenters. The van der Waals surface area contributed by atoms with E-state index in [1.807, 2.05) is 47.4 Å². The van der Waals surface area contributed by atoms with Gasteiger partial charge in [-0.1, -0.05) is 42.5 Å². The number of nitrogens with one attached hydrogen (secondary N) is 1. The molecular formula is C29H33N5O2. The average Bonchev–Trinajstić information content (AvgIpc) is 3.33. The van der Waals surface area contributed by atoms with Gasteiger partial charge >= 0.3 is 0 Å². The Kier molecular flexibility index (Phi) is 6.89. The van der Waals surface area contributed by atoms with Crippen LogP contribution >= 0.6 is 0 Å². The summed E-state index contributed by atoms with van der Waals surface area (Å²) in [6, 6.07) is 21.1. The first kappa shape index (κ1) is 23.9. The number of hydrogen-bond acceptors (Lipinski definition) is 5. The van der Waals surface area contributed by atoms with Crippen LogP contribution in [0, 0.1) is 5.41 Å². The second kappa shape index (κ2) is 10.4. The molecule has 7 nitrogen and oxygen atoms in total. The number of para-hydroxylation sites is 2. The number of rotatable bonds is 6. The Morgan fingerprint density at radius 3 is 2.36 bits per heavy atom. The van der Waals surface area contributed by atoms with Crippen LogP contribution in [0.25, 0.3) is 0 Å². The zero-order valence-electron chi connectivity index (χ0n) is 20.5. The van der Waals surface area contributed by atoms with Crippen molar-refractivity contribution in [3.05, 3.63) is 84.1 Å². The van der Waals surface area contributed by atoms with Crippen LogP contribution in [0.2, 0.25) is 0 Å². The zero-order valence-corrected chi connectivity index (χ0v) is 20.5. The Hall–Kier alpha value is -3.87. The molecular weight excluding hydrogens is 450 g/mol. The number of nitrogens with zero attached hydrogens (tertiary/aromatic N) is 3. The summed E-state index contributed by atoms with van der Waals surface area (Å²) in [6.07, 6.45) is 6.16. The molecule has 5 rings (SSSR count). The maximum atomic E-state index is 12.7. The minimum atomic E-state index is -0.228. The first-order chi connectivity index (χ1) is 17.5. The van der Waals surface area contributed by atoms with Crippen LogP contribution in [-0.4, -0.2) is 47.9 Å². The van der Waals surface area contributed by atoms with Crippen LogP contribution in [-0.2, 0) is 11.2 Å². The molecule has 2 amide bonds. The van der Waals surface area contributed by atoms with Gasteiger partial charge in [0, 0.05) is 38.8 Å². The summed E-state index contributed by atoms with van der Waals surface area (Å²) in [5.41, 5.74) is 9.00. The van der Waals surface area contributed by atoms with Gasteiger partial charge in [-0.3, -0.25) is 9.59 Å². The number of benzene rings is 2. The highest BCUT2D eigenvalue weighted by Crippen LogP contribution is 2.41. The summed E-state index contributed by atoms with van der Waals surface area (Å²) in [5.74, 6) is 0.925. The number of aryl methyl sites for hydroxylation is 1. The second-order valence-corrected chi connectivity index (χ2v) is 9.98. The van der Waals surface area contributed by atoms with E-state index in [1.54, 1.807) is 18.3 Å². The molecule has 3 heterocycles. The smallest absolute Gasteiger partial charge is 0.257 e. The Balaban J connectivity index is 1.12. The van der Waals surface area contributed by atoms with Crippen molar-refractivity contribution in [2.24, 2.45) is 5.41 Å². The van der Waals surface area contributed by atoms with Gasteiger partial charge in [0.25, 0.3) is 5.91 Å². The van der Waals surface area contributed by atoms with E-state index in [0.717, 1.165) is 57.7 Å². The molecule has 0 atom stereocenters. The molecule has 0 bridgehead atoms. The van der Waals surface area contributed by atoms with E-state index in [-0.39, 0.29) is 17.2 Å². The van der Waals surface area contributed by atoms with Crippen molar-refractivity contribution in [3.8, 4) is 0 Å². The number of anilines is 3. The summed E-state index contributed by atoms with van der Waals surface area (Å²) >= 11 is 0. The fourth-order valence-corrected chi connectivity index (χ4v) is 5.34. The predicted octanol–water partition coefficient (Wildman–Crippen LogP) is 4.37. The highest BCUT2D eigenvalue weighted by atomic mass is 16.2. The van der Waals surface area contributed by atoms with Gasteiger partial charge in [-0.25, -0.2) is 4.98 Å². The Morgan fingerprint density at radius 2 is 1.64 bits per heavy atom. The van der Waals surface area contributed by atoms with Crippen LogP contribution < -0.4 is 16.0 Å². The summed E-state index contributed by atoms with van der Waals surface area (Å²) in [5, 5.41) is 2.84. The van der Waals surface area contributed by atoms with Gasteiger partial charge in [0.2, 0.25) is 5.91 Å². The van der Waals surface area contributed by atoms with Crippen molar-refractivity contribution in [3.63, 3.8) is 0 Å². The van der Waals surface area contributed by atoms with Crippen LogP contribution in [0.3, 0.4) is 0 Å². The maximum absolute atomic E-state index is 12.7. The number of nitrogen functional groups attached to an aromatic ring is 1. The van der Waals surface area contributed by atoms with Gasteiger partial charge in [0.05, 0.1) is 16.9 Å². The number of hydrogen-bond donors (Lipinski definition) is 2. The number of piperidine rings is 1. The number of carbonyl (C=O) groups excluding carboxylic acids is 2. The monoisotopic (exact) mass is 483 g/mol. The first-order valence-corrected chi connectivity index (χ1v) is 12.7. The van der Waals surface area contributed by atoms with Gasteiger partial charge in [0.1, 0.15) is 5.82 Å². The van der Waals surface area contributed by atoms with E-state index >= 15 is 0 Å². The van der Waals surface area contributed by atoms with Gasteiger partial charge in [0.15, 0.2) is 0 Å². The molecule has 3 N–H and O–H groups in total. The number of amides is 2. The minimum Gasteiger partial charge on any atom is -0.397 e. The van der Waals surface area contributed by atoms with Crippen molar-refractivity contribution in [2.45, 2.75) is 32.1 Å². The Morgan fingerprint density at radius 1 is 0.917 bits per heavy atom. The van der Waals surface area contributed by atoms with Crippen LogP contribution in [0.5, 0.6) is 0 Å². The second-order valence-electron chi connectivity index (χ2n) is 9.98. The Labute approximate surface area is 212 Å². The normalized spacial score (nSPS) is 16.8. The topological polar surface area (TPSA) is 91.6 Å². The lowest BCUT2D eigenvalue weighted by Gasteiger charge is -2.39. The molecule has 2 aromatic carbocycles. The van der Waals surface area contributed by atoms with Crippen molar-refractivity contribution < 1.29 is 9.59 Å². The van der Waals surface area contributed by atoms with Crippen LogP contribution in [0.4, 0.5) is 17.2 Å². The number of pyridine rings is 1. The number of aromatic nitrogens is 1. The molecule has 2 aliphatic rings. The predicted molar refractivity (Wildman–Crippen MR) is 143 cm³/mol. The van der Waals surface area contributed by atoms with E-state index < -0.39 is 0 Å². The van der Waals surface area contributed by atoms with Crippen molar-refractivity contribution in [1.82, 2.24) is 9.88 Å². The third-order valence-electron chi connectivity index (χ3n) is 7.63. The lowest BCUT2D eigenvalue weighted by molar-refractivity contribution is -0.133. The van der Waals surface area contributed by atoms with Gasteiger partial charge in [-0.2, -0.15) is 0 Å². The lowest BCUT2D eigenvalue weighted by Crippen LogP contribution is -2.44. The number of likely N-dealkylation sites (tertiary alicyclic amines) is 1. The molecule has 0 aliphatic carbocycles. The summed E-state index contributed by atoms with van der Waals surface area (Å²) in [4.78, 5) is 34.3. The summed E-state index contributed by atoms with van der Waals surface area (Å²) < 4.78 is 0. The molecule has 2 saturated heterocycles. The fraction of sp³-hybridized carbons (Fsp3) is 0.345. The van der Waals surface area contributed by atoms with Gasteiger partial charge < -0.3 is 20.9 Å². The first-order valence-electron chi connectivity index (χ1n) is 12.7. The third-order valence-corrected chi connectivity index (χ3v) is 7.63. The third kappa shape index (κ3) is 5.35. The van der Waals surface area contributed by atoms with Gasteiger partial charge in [-0.05, 0) is 60.9 Å². The van der Waals surface area contributed by atoms with Crippen molar-refractivity contribution in [2.75, 3.05) is 42.1 Å². The standard InChI is InChI=1S/C29H33N5O2/c30-24-8-4-5-9-25(24)32-28(36)23-11-12-26(31-20-23)34-19-16-29(21-34)14-17-33(18-15-29)27(35)13-10-22-6-2-1-3-7-22/h1-9,11-12,20H,10,13-19,21,30H2,(H,32,36). The summed E-state index contributed by atoms with van der Waals surface area (Å²) in [7, 11) is 0. The lowest BCUT2D eigenvalue weighted by atomic mass is 9.77. The number of nitrogens with two attached hydrogens (primary N) is 1. The number of carbonyl (C=O) groups is 2. The van der Waals surface area contributed by atoms with Gasteiger partial charge in [-0.15, -0.1) is 0 Å². The van der Waals surface area contributed by atoms with E-state index in [9.17, 15) is 9.59 Å². The highest BCUT2D eigenvalue weighted by molar-refractivity contribution is 6.05. The largest absolute Gasteiger partial charge is 0.397 e. The van der Waals surface area contributed by atoms with E-state index in [2.05, 4.69) is 27.3 Å². The molecule has 0 saturated carbocycles. The minimum absolute atomic E-state index is 0.228. The molecule has 2 aliphatic heterocycles. The molecule has 3 aromatic rings. The van der Waals surface area contributed by atoms with Crippen LogP contribution in [0.15, 0.2) is 72.9 Å².